The summed E-state index contributed by atoms with van der Waals surface area (Å²) in [4.78, 5) is 34.1. The smallest absolute Gasteiger partial charge is 0.255 e. The fourth-order valence-electron chi connectivity index (χ4n) is 4.52. The van der Waals surface area contributed by atoms with E-state index in [2.05, 4.69) is 29.0 Å². The van der Waals surface area contributed by atoms with E-state index in [4.69, 9.17) is 0 Å². The van der Waals surface area contributed by atoms with Crippen molar-refractivity contribution < 1.29 is 9.59 Å². The molecule has 1 aliphatic heterocycles. The summed E-state index contributed by atoms with van der Waals surface area (Å²) in [7, 11) is 0. The summed E-state index contributed by atoms with van der Waals surface area (Å²) in [6, 6.07) is 7.63. The van der Waals surface area contributed by atoms with Gasteiger partial charge >= 0.3 is 0 Å². The number of benzene rings is 1. The predicted octanol–water partition coefficient (Wildman–Crippen LogP) is 5.42. The Bertz CT molecular complexity index is 957. The van der Waals surface area contributed by atoms with Crippen LogP contribution in [0.5, 0.6) is 0 Å². The van der Waals surface area contributed by atoms with E-state index in [9.17, 15) is 9.59 Å². The Kier molecular flexibility index (Phi) is 9.01. The van der Waals surface area contributed by atoms with Gasteiger partial charge in [-0.2, -0.15) is 0 Å². The number of hydrogen-bond donors (Lipinski definition) is 1. The van der Waals surface area contributed by atoms with Crippen LogP contribution in [0, 0.1) is 12.8 Å². The second-order valence-corrected chi connectivity index (χ2v) is 9.62. The molecular weight excluding hydrogens is 412 g/mol. The lowest BCUT2D eigenvalue weighted by Gasteiger charge is -2.30. The van der Waals surface area contributed by atoms with Crippen molar-refractivity contribution in [2.24, 2.45) is 5.92 Å². The van der Waals surface area contributed by atoms with Gasteiger partial charge in [-0.25, -0.2) is 0 Å². The van der Waals surface area contributed by atoms with Gasteiger partial charge < -0.3 is 10.2 Å². The number of nitrogens with one attached hydrogen (secondary N) is 1. The second-order valence-electron chi connectivity index (χ2n) is 9.62. The molecule has 2 aromatic rings. The van der Waals surface area contributed by atoms with E-state index >= 15 is 0 Å². The maximum Gasteiger partial charge on any atom is 0.255 e. The van der Waals surface area contributed by atoms with Crippen LogP contribution in [0.1, 0.15) is 74.4 Å². The van der Waals surface area contributed by atoms with Crippen LogP contribution in [0.3, 0.4) is 0 Å². The molecule has 2 heterocycles. The third-order valence-electron chi connectivity index (χ3n) is 6.02. The van der Waals surface area contributed by atoms with Gasteiger partial charge in [0.2, 0.25) is 5.91 Å². The van der Waals surface area contributed by atoms with Gasteiger partial charge in [0.15, 0.2) is 0 Å². The number of nitrogens with zero attached hydrogens (tertiary/aromatic N) is 3. The van der Waals surface area contributed by atoms with Crippen LogP contribution in [0.25, 0.3) is 0 Å². The van der Waals surface area contributed by atoms with E-state index < -0.39 is 0 Å². The first-order valence-electron chi connectivity index (χ1n) is 12.2. The largest absolute Gasteiger partial charge is 0.321 e. The predicted molar refractivity (Wildman–Crippen MR) is 135 cm³/mol. The van der Waals surface area contributed by atoms with Crippen LogP contribution in [0.15, 0.2) is 36.7 Å². The minimum absolute atomic E-state index is 0.0479. The number of carbonyl (C=O) groups excluding carboxylic acids is 2. The van der Waals surface area contributed by atoms with Crippen LogP contribution in [0.2, 0.25) is 0 Å². The number of rotatable bonds is 4. The van der Waals surface area contributed by atoms with E-state index in [0.29, 0.717) is 23.7 Å². The van der Waals surface area contributed by atoms with Gasteiger partial charge in [0, 0.05) is 44.0 Å². The first kappa shape index (κ1) is 24.9. The Morgan fingerprint density at radius 1 is 1.03 bits per heavy atom. The molecule has 2 amide bonds. The fraction of sp³-hybridized carbons (Fsp3) is 0.519. The van der Waals surface area contributed by atoms with Crippen LogP contribution in [-0.4, -0.2) is 41.3 Å². The van der Waals surface area contributed by atoms with E-state index in [1.165, 1.54) is 19.3 Å². The minimum atomic E-state index is -0.166. The van der Waals surface area contributed by atoms with Gasteiger partial charge in [0.25, 0.3) is 5.91 Å². The average molecular weight is 451 g/mol. The highest BCUT2D eigenvalue weighted by atomic mass is 16.2. The summed E-state index contributed by atoms with van der Waals surface area (Å²) >= 11 is 0. The third-order valence-corrected chi connectivity index (χ3v) is 6.02. The summed E-state index contributed by atoms with van der Waals surface area (Å²) in [5, 5.41) is 2.96. The van der Waals surface area contributed by atoms with Crippen molar-refractivity contribution in [3.63, 3.8) is 0 Å². The molecule has 0 fully saturated rings. The first-order valence-corrected chi connectivity index (χ1v) is 12.2. The molecule has 0 atom stereocenters. The SMILES string of the molecule is CC(=O)N1CCCCCCCN(CC(C)C)Cc2cc(C(=O)Nc3cncc(C)c3)ccc21. The number of hydrogen-bond acceptors (Lipinski definition) is 4. The van der Waals surface area contributed by atoms with Crippen LogP contribution in [0.4, 0.5) is 11.4 Å². The molecule has 1 aromatic carbocycles. The average Bonchev–Trinajstić information content (AvgIpc) is 2.74. The van der Waals surface area contributed by atoms with Crippen molar-refractivity contribution in [2.75, 3.05) is 29.9 Å². The van der Waals surface area contributed by atoms with Gasteiger partial charge in [0.1, 0.15) is 0 Å². The summed E-state index contributed by atoms with van der Waals surface area (Å²) in [5.74, 6) is 0.429. The zero-order chi connectivity index (χ0) is 23.8. The van der Waals surface area contributed by atoms with Crippen molar-refractivity contribution in [2.45, 2.75) is 66.3 Å². The highest BCUT2D eigenvalue weighted by Crippen LogP contribution is 2.27. The monoisotopic (exact) mass is 450 g/mol. The van der Waals surface area contributed by atoms with Gasteiger partial charge in [-0.05, 0) is 67.6 Å². The van der Waals surface area contributed by atoms with Gasteiger partial charge in [-0.1, -0.05) is 33.1 Å². The van der Waals surface area contributed by atoms with Crippen molar-refractivity contribution in [3.8, 4) is 0 Å². The van der Waals surface area contributed by atoms with E-state index in [0.717, 1.165) is 49.3 Å². The quantitative estimate of drug-likeness (QED) is 0.676. The fourth-order valence-corrected chi connectivity index (χ4v) is 4.52. The number of fused-ring (bicyclic) bond motifs is 1. The van der Waals surface area contributed by atoms with Crippen molar-refractivity contribution >= 4 is 23.2 Å². The standard InChI is InChI=1S/C27H38N4O2/c1-20(2)18-30-12-8-6-5-7-9-13-31(22(4)32)26-11-10-23(15-24(26)19-30)27(33)29-25-14-21(3)16-28-17-25/h10-11,14-17,20H,5-9,12-13,18-19H2,1-4H3,(H,29,33). The summed E-state index contributed by atoms with van der Waals surface area (Å²) in [6.07, 6.45) is 9.15. The zero-order valence-electron chi connectivity index (χ0n) is 20.6. The molecule has 1 N–H and O–H groups in total. The molecule has 0 radical (unpaired) electrons. The van der Waals surface area contributed by atoms with E-state index in [1.54, 1.807) is 19.3 Å². The van der Waals surface area contributed by atoms with Gasteiger partial charge in [-0.15, -0.1) is 0 Å². The molecule has 3 rings (SSSR count). The highest BCUT2D eigenvalue weighted by molar-refractivity contribution is 6.05. The molecule has 1 aromatic heterocycles. The van der Waals surface area contributed by atoms with Crippen molar-refractivity contribution in [3.05, 3.63) is 53.3 Å². The topological polar surface area (TPSA) is 65.5 Å². The molecule has 33 heavy (non-hydrogen) atoms. The summed E-state index contributed by atoms with van der Waals surface area (Å²) in [6.45, 7) is 11.5. The molecule has 0 unspecified atom stereocenters. The first-order chi connectivity index (χ1) is 15.8. The molecule has 6 nitrogen and oxygen atoms in total. The molecule has 0 bridgehead atoms. The Morgan fingerprint density at radius 2 is 1.76 bits per heavy atom. The Balaban J connectivity index is 1.95. The molecule has 0 saturated carbocycles. The van der Waals surface area contributed by atoms with Crippen LogP contribution >= 0.6 is 0 Å². The normalized spacial score (nSPS) is 16.0. The molecule has 178 valence electrons. The second kappa shape index (κ2) is 11.9. The lowest BCUT2D eigenvalue weighted by Crippen LogP contribution is -2.33. The van der Waals surface area contributed by atoms with Crippen LogP contribution in [-0.2, 0) is 11.3 Å². The minimum Gasteiger partial charge on any atom is -0.321 e. The summed E-state index contributed by atoms with van der Waals surface area (Å²) in [5.41, 5.74) is 4.22. The number of amides is 2. The maximum atomic E-state index is 13.0. The molecule has 1 aliphatic rings. The van der Waals surface area contributed by atoms with E-state index in [1.807, 2.05) is 36.1 Å². The van der Waals surface area contributed by atoms with Gasteiger partial charge in [-0.3, -0.25) is 19.5 Å². The number of aromatic nitrogens is 1. The number of aryl methyl sites for hydroxylation is 1. The lowest BCUT2D eigenvalue weighted by molar-refractivity contribution is -0.116. The molecular formula is C27H38N4O2. The summed E-state index contributed by atoms with van der Waals surface area (Å²) < 4.78 is 0. The van der Waals surface area contributed by atoms with Gasteiger partial charge in [0.05, 0.1) is 11.9 Å². The molecule has 6 heteroatoms. The molecule has 0 saturated heterocycles. The Morgan fingerprint density at radius 3 is 2.45 bits per heavy atom. The maximum absolute atomic E-state index is 13.0. The number of pyridine rings is 1. The number of anilines is 2. The molecule has 0 aliphatic carbocycles. The third kappa shape index (κ3) is 7.39. The van der Waals surface area contributed by atoms with Crippen LogP contribution < -0.4 is 10.2 Å². The Labute approximate surface area is 198 Å². The molecule has 0 spiro atoms. The zero-order valence-corrected chi connectivity index (χ0v) is 20.6. The van der Waals surface area contributed by atoms with Crippen molar-refractivity contribution in [1.82, 2.24) is 9.88 Å². The van der Waals surface area contributed by atoms with E-state index in [-0.39, 0.29) is 11.8 Å². The Hall–Kier alpha value is -2.73. The van der Waals surface area contributed by atoms with Crippen molar-refractivity contribution in [1.29, 1.82) is 0 Å². The highest BCUT2D eigenvalue weighted by Gasteiger charge is 2.20. The lowest BCUT2D eigenvalue weighted by atomic mass is 10.0. The number of carbonyl (C=O) groups is 2.